The van der Waals surface area contributed by atoms with Crippen LogP contribution in [0.1, 0.15) is 27.5 Å². The van der Waals surface area contributed by atoms with E-state index in [4.69, 9.17) is 0 Å². The second-order valence-corrected chi connectivity index (χ2v) is 8.95. The quantitative estimate of drug-likeness (QED) is 0.435. The molecule has 7 nitrogen and oxygen atoms in total. The fraction of sp³-hybridized carbons (Fsp3) is 0.167. The molecular weight excluding hydrogens is 426 g/mol. The predicted octanol–water partition coefficient (Wildman–Crippen LogP) is 2.56. The van der Waals surface area contributed by atoms with Gasteiger partial charge in [0.1, 0.15) is 6.04 Å². The highest BCUT2D eigenvalue weighted by Gasteiger charge is 2.23. The Labute approximate surface area is 187 Å². The van der Waals surface area contributed by atoms with E-state index in [1.165, 1.54) is 12.1 Å². The highest BCUT2D eigenvalue weighted by Crippen LogP contribution is 2.14. The smallest absolute Gasteiger partial charge is 0.252 e. The normalized spacial score (nSPS) is 12.0. The Morgan fingerprint density at radius 2 is 1.41 bits per heavy atom. The van der Waals surface area contributed by atoms with E-state index in [9.17, 15) is 18.0 Å². The highest BCUT2D eigenvalue weighted by atomic mass is 32.2. The molecule has 3 aromatic rings. The van der Waals surface area contributed by atoms with E-state index in [1.807, 2.05) is 13.0 Å². The molecule has 0 radical (unpaired) electrons. The Bertz CT molecular complexity index is 1150. The number of benzene rings is 3. The van der Waals surface area contributed by atoms with Gasteiger partial charge in [-0.2, -0.15) is 0 Å². The molecule has 3 rings (SSSR count). The summed E-state index contributed by atoms with van der Waals surface area (Å²) in [6.07, 6.45) is 0. The van der Waals surface area contributed by atoms with Crippen LogP contribution in [0.2, 0.25) is 0 Å². The topological polar surface area (TPSA) is 104 Å². The lowest BCUT2D eigenvalue weighted by Gasteiger charge is -2.19. The van der Waals surface area contributed by atoms with Crippen LogP contribution >= 0.6 is 0 Å². The fourth-order valence-electron chi connectivity index (χ4n) is 3.02. The van der Waals surface area contributed by atoms with Crippen LogP contribution in [0.15, 0.2) is 89.8 Å². The number of carbonyl (C=O) groups excluding carboxylic acids is 2. The average Bonchev–Trinajstić information content (AvgIpc) is 2.81. The first kappa shape index (κ1) is 23.2. The van der Waals surface area contributed by atoms with Crippen molar-refractivity contribution < 1.29 is 18.0 Å². The van der Waals surface area contributed by atoms with Crippen LogP contribution in [-0.4, -0.2) is 33.3 Å². The molecule has 0 aliphatic heterocycles. The minimum absolute atomic E-state index is 0.0100. The van der Waals surface area contributed by atoms with E-state index >= 15 is 0 Å². The monoisotopic (exact) mass is 451 g/mol. The molecule has 0 heterocycles. The largest absolute Gasteiger partial charge is 0.353 e. The minimum atomic E-state index is -3.67. The Morgan fingerprint density at radius 1 is 0.812 bits per heavy atom. The van der Waals surface area contributed by atoms with Gasteiger partial charge in [0.2, 0.25) is 15.9 Å². The number of hydrogen-bond acceptors (Lipinski definition) is 4. The van der Waals surface area contributed by atoms with Crippen molar-refractivity contribution in [2.75, 3.05) is 13.1 Å². The second-order valence-electron chi connectivity index (χ2n) is 7.19. The van der Waals surface area contributed by atoms with Crippen molar-refractivity contribution in [2.45, 2.75) is 17.9 Å². The van der Waals surface area contributed by atoms with Crippen molar-refractivity contribution in [3.05, 3.63) is 102 Å². The van der Waals surface area contributed by atoms with Gasteiger partial charge in [-0.05, 0) is 36.8 Å². The summed E-state index contributed by atoms with van der Waals surface area (Å²) in [5, 5.41) is 5.44. The van der Waals surface area contributed by atoms with Crippen molar-refractivity contribution in [2.24, 2.45) is 0 Å². The fourth-order valence-corrected chi connectivity index (χ4v) is 4.06. The summed E-state index contributed by atoms with van der Waals surface area (Å²) < 4.78 is 27.2. The van der Waals surface area contributed by atoms with Crippen LogP contribution < -0.4 is 15.4 Å². The summed E-state index contributed by atoms with van der Waals surface area (Å²) >= 11 is 0. The summed E-state index contributed by atoms with van der Waals surface area (Å²) in [6.45, 7) is 1.95. The third kappa shape index (κ3) is 6.26. The first-order chi connectivity index (χ1) is 15.4. The van der Waals surface area contributed by atoms with E-state index in [2.05, 4.69) is 15.4 Å². The third-order valence-electron chi connectivity index (χ3n) is 4.75. The van der Waals surface area contributed by atoms with E-state index in [1.54, 1.807) is 66.7 Å². The molecule has 3 aromatic carbocycles. The van der Waals surface area contributed by atoms with Gasteiger partial charge in [0.15, 0.2) is 0 Å². The zero-order valence-electron chi connectivity index (χ0n) is 17.6. The Morgan fingerprint density at radius 3 is 2.03 bits per heavy atom. The molecule has 0 aliphatic rings. The second kappa shape index (κ2) is 10.7. The number of aryl methyl sites for hydroxylation is 1. The number of sulfonamides is 1. The van der Waals surface area contributed by atoms with Gasteiger partial charge in [-0.3, -0.25) is 9.59 Å². The number of amides is 2. The summed E-state index contributed by atoms with van der Waals surface area (Å²) in [7, 11) is -3.67. The molecule has 0 aromatic heterocycles. The van der Waals surface area contributed by atoms with Gasteiger partial charge in [0.25, 0.3) is 5.91 Å². The Kier molecular flexibility index (Phi) is 7.75. The molecule has 3 N–H and O–H groups in total. The van der Waals surface area contributed by atoms with Crippen LogP contribution in [-0.2, 0) is 14.8 Å². The van der Waals surface area contributed by atoms with E-state index in [0.717, 1.165) is 5.56 Å². The maximum atomic E-state index is 12.8. The van der Waals surface area contributed by atoms with Crippen LogP contribution in [0.3, 0.4) is 0 Å². The van der Waals surface area contributed by atoms with Crippen LogP contribution in [0, 0.1) is 6.92 Å². The van der Waals surface area contributed by atoms with Gasteiger partial charge in [0, 0.05) is 18.7 Å². The van der Waals surface area contributed by atoms with Gasteiger partial charge in [-0.1, -0.05) is 66.2 Å². The molecule has 0 unspecified atom stereocenters. The Hall–Kier alpha value is -3.49. The lowest BCUT2D eigenvalue weighted by Crippen LogP contribution is -2.43. The van der Waals surface area contributed by atoms with Gasteiger partial charge in [-0.15, -0.1) is 0 Å². The summed E-state index contributed by atoms with van der Waals surface area (Å²) in [5.74, 6) is -0.815. The molecule has 0 aliphatic carbocycles. The zero-order valence-corrected chi connectivity index (χ0v) is 18.4. The molecular formula is C24H25N3O4S. The maximum Gasteiger partial charge on any atom is 0.252 e. The van der Waals surface area contributed by atoms with Crippen molar-refractivity contribution in [1.82, 2.24) is 15.4 Å². The highest BCUT2D eigenvalue weighted by molar-refractivity contribution is 7.89. The lowest BCUT2D eigenvalue weighted by atomic mass is 10.1. The van der Waals surface area contributed by atoms with Crippen molar-refractivity contribution in [3.8, 4) is 0 Å². The molecule has 8 heteroatoms. The number of hydrogen-bond donors (Lipinski definition) is 3. The van der Waals surface area contributed by atoms with Gasteiger partial charge >= 0.3 is 0 Å². The SMILES string of the molecule is Cc1ccc(S(=O)(=O)NCCNC(=O)[C@@H](NC(=O)c2ccccc2)c2ccccc2)cc1. The number of rotatable bonds is 9. The maximum absolute atomic E-state index is 12.8. The van der Waals surface area contributed by atoms with Crippen LogP contribution in [0.5, 0.6) is 0 Å². The average molecular weight is 452 g/mol. The van der Waals surface area contributed by atoms with Crippen molar-refractivity contribution in [3.63, 3.8) is 0 Å². The van der Waals surface area contributed by atoms with Crippen molar-refractivity contribution >= 4 is 21.8 Å². The Balaban J connectivity index is 1.61. The lowest BCUT2D eigenvalue weighted by molar-refractivity contribution is -0.123. The first-order valence-electron chi connectivity index (χ1n) is 10.1. The van der Waals surface area contributed by atoms with Crippen LogP contribution in [0.4, 0.5) is 0 Å². The van der Waals surface area contributed by atoms with Crippen molar-refractivity contribution in [1.29, 1.82) is 0 Å². The molecule has 166 valence electrons. The molecule has 32 heavy (non-hydrogen) atoms. The molecule has 0 saturated carbocycles. The van der Waals surface area contributed by atoms with E-state index < -0.39 is 22.0 Å². The molecule has 2 amide bonds. The standard InChI is InChI=1S/C24H25N3O4S/c1-18-12-14-21(15-13-18)32(30,31)26-17-16-25-24(29)22(19-8-4-2-5-9-19)27-23(28)20-10-6-3-7-11-20/h2-15,22,26H,16-17H2,1H3,(H,25,29)(H,27,28)/t22-/m0/s1. The summed E-state index contributed by atoms with van der Waals surface area (Å²) in [6, 6.07) is 23.0. The molecule has 0 fully saturated rings. The zero-order chi connectivity index (χ0) is 23.0. The number of carbonyl (C=O) groups is 2. The van der Waals surface area contributed by atoms with Crippen LogP contribution in [0.25, 0.3) is 0 Å². The molecule has 0 bridgehead atoms. The molecule has 0 spiro atoms. The molecule has 0 saturated heterocycles. The van der Waals surface area contributed by atoms with E-state index in [-0.39, 0.29) is 23.9 Å². The third-order valence-corrected chi connectivity index (χ3v) is 6.23. The van der Waals surface area contributed by atoms with E-state index in [0.29, 0.717) is 11.1 Å². The van der Waals surface area contributed by atoms with Gasteiger partial charge < -0.3 is 10.6 Å². The summed E-state index contributed by atoms with van der Waals surface area (Å²) in [5.41, 5.74) is 2.02. The summed E-state index contributed by atoms with van der Waals surface area (Å²) in [4.78, 5) is 25.6. The minimum Gasteiger partial charge on any atom is -0.353 e. The molecule has 1 atom stereocenters. The number of nitrogens with one attached hydrogen (secondary N) is 3. The predicted molar refractivity (Wildman–Crippen MR) is 122 cm³/mol. The first-order valence-corrected chi connectivity index (χ1v) is 11.6. The van der Waals surface area contributed by atoms with Gasteiger partial charge in [0.05, 0.1) is 4.90 Å². The van der Waals surface area contributed by atoms with Gasteiger partial charge in [-0.25, -0.2) is 13.1 Å².